The van der Waals surface area contributed by atoms with Crippen molar-refractivity contribution in [3.63, 3.8) is 0 Å². The lowest BCUT2D eigenvalue weighted by Crippen LogP contribution is -2.48. The summed E-state index contributed by atoms with van der Waals surface area (Å²) in [6, 6.07) is 3.97. The van der Waals surface area contributed by atoms with Gasteiger partial charge in [-0.15, -0.1) is 0 Å². The van der Waals surface area contributed by atoms with Crippen molar-refractivity contribution in [2.45, 2.75) is 12.4 Å². The highest BCUT2D eigenvalue weighted by Gasteiger charge is 2.27. The molecule has 0 aromatic heterocycles. The quantitative estimate of drug-likeness (QED) is 0.335. The molecule has 20 heavy (non-hydrogen) atoms. The zero-order valence-electron chi connectivity index (χ0n) is 10.4. The number of carboxylic acid groups (broad SMARTS) is 1. The summed E-state index contributed by atoms with van der Waals surface area (Å²) in [5.41, 5.74) is -0.205. The molecule has 108 valence electrons. The molecule has 9 heteroatoms. The first-order valence-electron chi connectivity index (χ1n) is 5.67. The van der Waals surface area contributed by atoms with Gasteiger partial charge in [-0.1, -0.05) is 12.1 Å². The summed E-state index contributed by atoms with van der Waals surface area (Å²) in [5.74, 6) is -3.85. The molecule has 0 radical (unpaired) electrons. The van der Waals surface area contributed by atoms with Crippen LogP contribution < -0.4 is 5.32 Å². The molecule has 8 nitrogen and oxygen atoms in total. The number of carbonyl (C=O) groups is 2. The second-order valence-corrected chi connectivity index (χ2v) is 4.07. The topological polar surface area (TPSA) is 147 Å². The zero-order chi connectivity index (χ0) is 15.3. The van der Waals surface area contributed by atoms with E-state index in [1.54, 1.807) is 0 Å². The first kappa shape index (κ1) is 16.0. The number of benzene rings is 1. The van der Waals surface area contributed by atoms with Crippen molar-refractivity contribution < 1.29 is 35.0 Å². The number of hydrogen-bond donors (Lipinski definition) is 6. The van der Waals surface area contributed by atoms with Gasteiger partial charge >= 0.3 is 13.1 Å². The highest BCUT2D eigenvalue weighted by molar-refractivity contribution is 6.43. The molecule has 0 aliphatic heterocycles. The van der Waals surface area contributed by atoms with Crippen LogP contribution in [-0.4, -0.2) is 56.9 Å². The van der Waals surface area contributed by atoms with E-state index in [2.05, 4.69) is 5.32 Å². The van der Waals surface area contributed by atoms with Crippen molar-refractivity contribution in [1.82, 2.24) is 5.32 Å². The van der Waals surface area contributed by atoms with Crippen LogP contribution in [0.15, 0.2) is 18.2 Å². The van der Waals surface area contributed by atoms with Crippen molar-refractivity contribution in [1.29, 1.82) is 0 Å². The molecule has 0 fully saturated rings. The lowest BCUT2D eigenvalue weighted by Gasteiger charge is -2.18. The molecule has 0 saturated heterocycles. The van der Waals surface area contributed by atoms with Crippen molar-refractivity contribution >= 4 is 19.0 Å². The number of carboxylic acids is 1. The largest absolute Gasteiger partial charge is 0.507 e. The fourth-order valence-electron chi connectivity index (χ4n) is 1.65. The Morgan fingerprint density at radius 3 is 2.45 bits per heavy atom. The molecule has 1 aromatic rings. The summed E-state index contributed by atoms with van der Waals surface area (Å²) in [4.78, 5) is 21.9. The van der Waals surface area contributed by atoms with Crippen LogP contribution in [0.2, 0.25) is 0 Å². The molecule has 0 bridgehead atoms. The summed E-state index contributed by atoms with van der Waals surface area (Å²) in [6.45, 7) is -0.829. The number of phenols is 1. The Labute approximate surface area is 114 Å². The Bertz CT molecular complexity index is 506. The van der Waals surface area contributed by atoms with Gasteiger partial charge in [0, 0.05) is 0 Å². The van der Waals surface area contributed by atoms with Crippen molar-refractivity contribution in [2.75, 3.05) is 6.61 Å². The number of nitrogens with one attached hydrogen (secondary N) is 1. The maximum atomic E-state index is 11.0. The van der Waals surface area contributed by atoms with Gasteiger partial charge in [0.15, 0.2) is 0 Å². The minimum absolute atomic E-state index is 0.126. The average molecular weight is 283 g/mol. The molecule has 0 saturated carbocycles. The Kier molecular flexibility index (Phi) is 5.50. The summed E-state index contributed by atoms with van der Waals surface area (Å²) in [6.07, 6.45) is -0.212. The van der Waals surface area contributed by atoms with E-state index < -0.39 is 37.3 Å². The number of hydrogen-bond acceptors (Lipinski definition) is 6. The van der Waals surface area contributed by atoms with E-state index >= 15 is 0 Å². The third kappa shape index (κ3) is 3.95. The molecule has 0 aliphatic carbocycles. The SMILES string of the molecule is O=C(CO)NC(Cc1cccc(C(=O)O)c1O)B(O)O. The Morgan fingerprint density at radius 2 is 1.95 bits per heavy atom. The number of carbonyl (C=O) groups excluding carboxylic acids is 1. The summed E-state index contributed by atoms with van der Waals surface area (Å²) >= 11 is 0. The summed E-state index contributed by atoms with van der Waals surface area (Å²) in [5, 5.41) is 47.7. The number of para-hydroxylation sites is 1. The molecule has 0 aliphatic rings. The highest BCUT2D eigenvalue weighted by atomic mass is 16.4. The number of aromatic hydroxyl groups is 1. The number of aliphatic hydroxyl groups excluding tert-OH is 1. The van der Waals surface area contributed by atoms with Gasteiger partial charge < -0.3 is 30.7 Å². The van der Waals surface area contributed by atoms with Crippen LogP contribution in [-0.2, 0) is 11.2 Å². The first-order valence-corrected chi connectivity index (χ1v) is 5.67. The van der Waals surface area contributed by atoms with Crippen LogP contribution in [0.5, 0.6) is 5.75 Å². The van der Waals surface area contributed by atoms with E-state index in [0.717, 1.165) is 0 Å². The van der Waals surface area contributed by atoms with E-state index in [1.165, 1.54) is 18.2 Å². The number of amides is 1. The van der Waals surface area contributed by atoms with Crippen LogP contribution in [0, 0.1) is 0 Å². The van der Waals surface area contributed by atoms with Gasteiger partial charge in [-0.05, 0) is 18.1 Å². The normalized spacial score (nSPS) is 11.8. The average Bonchev–Trinajstić information content (AvgIpc) is 2.39. The van der Waals surface area contributed by atoms with Crippen molar-refractivity contribution in [2.24, 2.45) is 0 Å². The fourth-order valence-corrected chi connectivity index (χ4v) is 1.65. The number of rotatable bonds is 6. The van der Waals surface area contributed by atoms with Gasteiger partial charge in [0.1, 0.15) is 17.9 Å². The third-order valence-corrected chi connectivity index (χ3v) is 2.64. The van der Waals surface area contributed by atoms with Crippen molar-refractivity contribution in [3.8, 4) is 5.75 Å². The molecule has 1 rings (SSSR count). The van der Waals surface area contributed by atoms with Gasteiger partial charge in [0.25, 0.3) is 0 Å². The van der Waals surface area contributed by atoms with Gasteiger partial charge in [-0.25, -0.2) is 4.79 Å². The molecule has 0 spiro atoms. The zero-order valence-corrected chi connectivity index (χ0v) is 10.4. The fraction of sp³-hybridized carbons (Fsp3) is 0.273. The predicted octanol–water partition coefficient (Wildman–Crippen LogP) is -1.88. The number of aliphatic hydroxyl groups is 1. The van der Waals surface area contributed by atoms with E-state index in [4.69, 9.17) is 20.3 Å². The van der Waals surface area contributed by atoms with Crippen molar-refractivity contribution in [3.05, 3.63) is 29.3 Å². The number of aromatic carboxylic acids is 1. The van der Waals surface area contributed by atoms with Gasteiger partial charge in [-0.2, -0.15) is 0 Å². The van der Waals surface area contributed by atoms with Crippen LogP contribution in [0.1, 0.15) is 15.9 Å². The Morgan fingerprint density at radius 1 is 1.30 bits per heavy atom. The molecule has 1 atom stereocenters. The van der Waals surface area contributed by atoms with E-state index in [9.17, 15) is 14.7 Å². The maximum Gasteiger partial charge on any atom is 0.475 e. The predicted molar refractivity (Wildman–Crippen MR) is 68.0 cm³/mol. The molecule has 1 aromatic carbocycles. The smallest absolute Gasteiger partial charge is 0.475 e. The Hall–Kier alpha value is -2.10. The van der Waals surface area contributed by atoms with Gasteiger partial charge in [-0.3, -0.25) is 4.79 Å². The van der Waals surface area contributed by atoms with Crippen LogP contribution in [0.4, 0.5) is 0 Å². The van der Waals surface area contributed by atoms with Gasteiger partial charge in [0.05, 0.1) is 5.94 Å². The monoisotopic (exact) mass is 283 g/mol. The lowest BCUT2D eigenvalue weighted by atomic mass is 9.75. The molecule has 0 heterocycles. The van der Waals surface area contributed by atoms with E-state index in [0.29, 0.717) is 0 Å². The maximum absolute atomic E-state index is 11.0. The molecule has 6 N–H and O–H groups in total. The second kappa shape index (κ2) is 6.89. The molecule has 1 amide bonds. The van der Waals surface area contributed by atoms with Crippen LogP contribution >= 0.6 is 0 Å². The minimum Gasteiger partial charge on any atom is -0.507 e. The Balaban J connectivity index is 2.97. The van der Waals surface area contributed by atoms with Crippen LogP contribution in [0.25, 0.3) is 0 Å². The summed E-state index contributed by atoms with van der Waals surface area (Å²) < 4.78 is 0. The standard InChI is InChI=1S/C11H14BNO7/c14-5-9(15)13-8(12(19)20)4-6-2-1-3-7(10(6)16)11(17)18/h1-3,8,14,16,19-20H,4-5H2,(H,13,15)(H,17,18). The molecular formula is C11H14BNO7. The third-order valence-electron chi connectivity index (χ3n) is 2.64. The van der Waals surface area contributed by atoms with Crippen LogP contribution in [0.3, 0.4) is 0 Å². The summed E-state index contributed by atoms with van der Waals surface area (Å²) in [7, 11) is -1.93. The second-order valence-electron chi connectivity index (χ2n) is 4.07. The van der Waals surface area contributed by atoms with E-state index in [1.807, 2.05) is 0 Å². The van der Waals surface area contributed by atoms with Gasteiger partial charge in [0.2, 0.25) is 5.91 Å². The highest BCUT2D eigenvalue weighted by Crippen LogP contribution is 2.23. The molecule has 1 unspecified atom stereocenters. The minimum atomic E-state index is -1.93. The van der Waals surface area contributed by atoms with E-state index in [-0.39, 0.29) is 17.5 Å². The first-order chi connectivity index (χ1) is 9.36. The lowest BCUT2D eigenvalue weighted by molar-refractivity contribution is -0.124. The molecular weight excluding hydrogens is 269 g/mol.